The highest BCUT2D eigenvalue weighted by Crippen LogP contribution is 2.21. The van der Waals surface area contributed by atoms with Gasteiger partial charge in [-0.2, -0.15) is 0 Å². The smallest absolute Gasteiger partial charge is 0.130 e. The van der Waals surface area contributed by atoms with Crippen LogP contribution in [0.15, 0.2) is 30.7 Å². The standard InChI is InChI=1S/C16H22FN3O/c1-4-20-11-18-9-15(20)10-21-16-6-5-14(17)7-13(16)8-19-12(2)3/h5-7,9,11-12,19H,4,8,10H2,1-3H3. The maximum Gasteiger partial charge on any atom is 0.130 e. The predicted molar refractivity (Wildman–Crippen MR) is 80.6 cm³/mol. The van der Waals surface area contributed by atoms with Gasteiger partial charge in [-0.1, -0.05) is 13.8 Å². The molecule has 0 radical (unpaired) electrons. The van der Waals surface area contributed by atoms with E-state index in [1.165, 1.54) is 12.1 Å². The maximum atomic E-state index is 13.4. The van der Waals surface area contributed by atoms with Crippen molar-refractivity contribution in [2.75, 3.05) is 0 Å². The number of aryl methyl sites for hydroxylation is 1. The maximum absolute atomic E-state index is 13.4. The lowest BCUT2D eigenvalue weighted by Crippen LogP contribution is -2.22. The van der Waals surface area contributed by atoms with Gasteiger partial charge in [0.15, 0.2) is 0 Å². The summed E-state index contributed by atoms with van der Waals surface area (Å²) in [7, 11) is 0. The van der Waals surface area contributed by atoms with Crippen LogP contribution in [0.25, 0.3) is 0 Å². The van der Waals surface area contributed by atoms with Gasteiger partial charge in [0.25, 0.3) is 0 Å². The largest absolute Gasteiger partial charge is 0.487 e. The van der Waals surface area contributed by atoms with Crippen LogP contribution < -0.4 is 10.1 Å². The minimum atomic E-state index is -0.249. The van der Waals surface area contributed by atoms with Crippen LogP contribution in [0, 0.1) is 5.82 Å². The number of halogens is 1. The minimum Gasteiger partial charge on any atom is -0.487 e. The van der Waals surface area contributed by atoms with Crippen molar-refractivity contribution in [3.63, 3.8) is 0 Å². The number of rotatable bonds is 7. The van der Waals surface area contributed by atoms with E-state index in [0.717, 1.165) is 17.8 Å². The molecule has 0 aliphatic rings. The second-order valence-corrected chi connectivity index (χ2v) is 5.25. The van der Waals surface area contributed by atoms with Crippen LogP contribution in [0.3, 0.4) is 0 Å². The van der Waals surface area contributed by atoms with Crippen molar-refractivity contribution in [3.8, 4) is 5.75 Å². The molecule has 0 unspecified atom stereocenters. The van der Waals surface area contributed by atoms with Crippen LogP contribution in [-0.2, 0) is 19.7 Å². The molecule has 0 fully saturated rings. The summed E-state index contributed by atoms with van der Waals surface area (Å²) >= 11 is 0. The molecular weight excluding hydrogens is 269 g/mol. The highest BCUT2D eigenvalue weighted by Gasteiger charge is 2.08. The zero-order valence-corrected chi connectivity index (χ0v) is 12.8. The quantitative estimate of drug-likeness (QED) is 0.852. The van der Waals surface area contributed by atoms with E-state index in [4.69, 9.17) is 4.74 Å². The van der Waals surface area contributed by atoms with Crippen molar-refractivity contribution in [1.29, 1.82) is 0 Å². The van der Waals surface area contributed by atoms with Gasteiger partial charge >= 0.3 is 0 Å². The first kappa shape index (κ1) is 15.5. The molecule has 0 saturated heterocycles. The van der Waals surface area contributed by atoms with Crippen molar-refractivity contribution in [1.82, 2.24) is 14.9 Å². The van der Waals surface area contributed by atoms with Crippen LogP contribution >= 0.6 is 0 Å². The predicted octanol–water partition coefficient (Wildman–Crippen LogP) is 3.12. The Kier molecular flexibility index (Phi) is 5.33. The normalized spacial score (nSPS) is 11.1. The molecule has 0 saturated carbocycles. The van der Waals surface area contributed by atoms with Gasteiger partial charge in [0, 0.05) is 24.7 Å². The van der Waals surface area contributed by atoms with E-state index in [1.807, 2.05) is 4.57 Å². The molecule has 1 aromatic heterocycles. The van der Waals surface area contributed by atoms with Gasteiger partial charge in [-0.05, 0) is 25.1 Å². The van der Waals surface area contributed by atoms with Crippen LogP contribution in [0.4, 0.5) is 4.39 Å². The molecule has 0 atom stereocenters. The van der Waals surface area contributed by atoms with Gasteiger partial charge in [0.05, 0.1) is 18.2 Å². The number of hydrogen-bond donors (Lipinski definition) is 1. The fourth-order valence-electron chi connectivity index (χ4n) is 2.05. The molecule has 1 aromatic carbocycles. The second kappa shape index (κ2) is 7.22. The third-order valence-electron chi connectivity index (χ3n) is 3.24. The molecule has 2 rings (SSSR count). The Bertz CT molecular complexity index is 581. The molecule has 0 aliphatic heterocycles. The van der Waals surface area contributed by atoms with E-state index >= 15 is 0 Å². The van der Waals surface area contributed by atoms with Crippen molar-refractivity contribution in [3.05, 3.63) is 47.8 Å². The van der Waals surface area contributed by atoms with E-state index in [9.17, 15) is 4.39 Å². The summed E-state index contributed by atoms with van der Waals surface area (Å²) in [5.74, 6) is 0.454. The fourth-order valence-corrected chi connectivity index (χ4v) is 2.05. The van der Waals surface area contributed by atoms with Crippen molar-refractivity contribution in [2.24, 2.45) is 0 Å². The number of nitrogens with zero attached hydrogens (tertiary/aromatic N) is 2. The molecule has 0 aliphatic carbocycles. The summed E-state index contributed by atoms with van der Waals surface area (Å²) in [6.07, 6.45) is 3.57. The van der Waals surface area contributed by atoms with Gasteiger partial charge in [-0.3, -0.25) is 0 Å². The number of benzene rings is 1. The third kappa shape index (κ3) is 4.29. The molecule has 1 heterocycles. The molecule has 114 valence electrons. The number of aromatic nitrogens is 2. The lowest BCUT2D eigenvalue weighted by Gasteiger charge is -2.14. The Morgan fingerprint density at radius 1 is 1.38 bits per heavy atom. The average Bonchev–Trinajstić information content (AvgIpc) is 2.91. The first-order chi connectivity index (χ1) is 10.1. The van der Waals surface area contributed by atoms with Crippen LogP contribution in [0.5, 0.6) is 5.75 Å². The SMILES string of the molecule is CCn1cncc1COc1ccc(F)cc1CNC(C)C. The van der Waals surface area contributed by atoms with E-state index < -0.39 is 0 Å². The van der Waals surface area contributed by atoms with Gasteiger partial charge in [0.2, 0.25) is 0 Å². The van der Waals surface area contributed by atoms with E-state index in [1.54, 1.807) is 18.6 Å². The molecule has 0 bridgehead atoms. The Morgan fingerprint density at radius 2 is 2.19 bits per heavy atom. The monoisotopic (exact) mass is 291 g/mol. The zero-order chi connectivity index (χ0) is 15.2. The lowest BCUT2D eigenvalue weighted by atomic mass is 10.2. The van der Waals surface area contributed by atoms with E-state index in [0.29, 0.717) is 24.9 Å². The Labute approximate surface area is 125 Å². The molecule has 5 heteroatoms. The summed E-state index contributed by atoms with van der Waals surface area (Å²) in [6.45, 7) is 8.02. The lowest BCUT2D eigenvalue weighted by molar-refractivity contribution is 0.290. The molecule has 1 N–H and O–H groups in total. The number of hydrogen-bond acceptors (Lipinski definition) is 3. The van der Waals surface area contributed by atoms with Gasteiger partial charge < -0.3 is 14.6 Å². The molecule has 21 heavy (non-hydrogen) atoms. The third-order valence-corrected chi connectivity index (χ3v) is 3.24. The van der Waals surface area contributed by atoms with Crippen LogP contribution in [0.1, 0.15) is 32.0 Å². The van der Waals surface area contributed by atoms with Crippen LogP contribution in [0.2, 0.25) is 0 Å². The summed E-state index contributed by atoms with van der Waals surface area (Å²) in [6, 6.07) is 4.95. The first-order valence-corrected chi connectivity index (χ1v) is 7.23. The van der Waals surface area contributed by atoms with E-state index in [-0.39, 0.29) is 5.82 Å². The minimum absolute atomic E-state index is 0.249. The van der Waals surface area contributed by atoms with Gasteiger partial charge in [-0.25, -0.2) is 9.37 Å². The van der Waals surface area contributed by atoms with Gasteiger partial charge in [-0.15, -0.1) is 0 Å². The topological polar surface area (TPSA) is 39.1 Å². The summed E-state index contributed by atoms with van der Waals surface area (Å²) in [5.41, 5.74) is 1.83. The van der Waals surface area contributed by atoms with Crippen molar-refractivity contribution < 1.29 is 9.13 Å². The molecular formula is C16H22FN3O. The Balaban J connectivity index is 2.08. The second-order valence-electron chi connectivity index (χ2n) is 5.25. The van der Waals surface area contributed by atoms with E-state index in [2.05, 4.69) is 31.1 Å². The number of ether oxygens (including phenoxy) is 1. The molecule has 0 spiro atoms. The average molecular weight is 291 g/mol. The fraction of sp³-hybridized carbons (Fsp3) is 0.438. The number of imidazole rings is 1. The first-order valence-electron chi connectivity index (χ1n) is 7.23. The molecule has 0 amide bonds. The summed E-state index contributed by atoms with van der Waals surface area (Å²) in [4.78, 5) is 4.11. The van der Waals surface area contributed by atoms with Crippen molar-refractivity contribution in [2.45, 2.75) is 46.5 Å². The zero-order valence-electron chi connectivity index (χ0n) is 12.8. The van der Waals surface area contributed by atoms with Crippen LogP contribution in [-0.4, -0.2) is 15.6 Å². The Hall–Kier alpha value is -1.88. The highest BCUT2D eigenvalue weighted by atomic mass is 19.1. The summed E-state index contributed by atoms with van der Waals surface area (Å²) < 4.78 is 21.3. The molecule has 4 nitrogen and oxygen atoms in total. The summed E-state index contributed by atoms with van der Waals surface area (Å²) in [5, 5.41) is 3.28. The highest BCUT2D eigenvalue weighted by molar-refractivity contribution is 5.34. The Morgan fingerprint density at radius 3 is 2.90 bits per heavy atom. The van der Waals surface area contributed by atoms with Gasteiger partial charge in [0.1, 0.15) is 18.2 Å². The van der Waals surface area contributed by atoms with Crippen molar-refractivity contribution >= 4 is 0 Å². The molecule has 2 aromatic rings. The number of nitrogens with one attached hydrogen (secondary N) is 1.